The van der Waals surface area contributed by atoms with Crippen LogP contribution in [-0.2, 0) is 11.2 Å². The second kappa shape index (κ2) is 6.22. The maximum absolute atomic E-state index is 12.1. The van der Waals surface area contributed by atoms with Crippen LogP contribution < -0.4 is 5.32 Å². The molecule has 0 fully saturated rings. The average Bonchev–Trinajstić information content (AvgIpc) is 2.79. The van der Waals surface area contributed by atoms with Crippen LogP contribution in [0.1, 0.15) is 33.8 Å². The van der Waals surface area contributed by atoms with Crippen LogP contribution in [0.4, 0.5) is 5.69 Å². The number of rotatable bonds is 4. The number of fused-ring (bicyclic) bond motifs is 1. The number of aryl methyl sites for hydroxylation is 1. The summed E-state index contributed by atoms with van der Waals surface area (Å²) in [4.78, 5) is 23.2. The maximum Gasteiger partial charge on any atom is 0.335 e. The van der Waals surface area contributed by atoms with Crippen LogP contribution in [0.5, 0.6) is 0 Å². The number of carboxylic acids is 1. The minimum Gasteiger partial charge on any atom is -0.478 e. The van der Waals surface area contributed by atoms with Gasteiger partial charge in [-0.3, -0.25) is 4.79 Å². The van der Waals surface area contributed by atoms with Gasteiger partial charge in [0.25, 0.3) is 0 Å². The third-order valence-corrected chi connectivity index (χ3v) is 4.34. The van der Waals surface area contributed by atoms with Gasteiger partial charge in [-0.05, 0) is 54.3 Å². The van der Waals surface area contributed by atoms with Crippen molar-refractivity contribution in [3.63, 3.8) is 0 Å². The topological polar surface area (TPSA) is 66.4 Å². The number of anilines is 1. The molecule has 2 aromatic rings. The Balaban J connectivity index is 1.79. The molecule has 118 valence electrons. The Morgan fingerprint density at radius 2 is 1.91 bits per heavy atom. The first-order valence-electron chi connectivity index (χ1n) is 7.07. The fraction of sp³-hybridized carbons (Fsp3) is 0.176. The fourth-order valence-corrected chi connectivity index (χ4v) is 3.25. The van der Waals surface area contributed by atoms with E-state index in [1.165, 1.54) is 6.07 Å². The van der Waals surface area contributed by atoms with Crippen molar-refractivity contribution in [1.29, 1.82) is 0 Å². The molecular weight excluding hydrogens is 337 g/mol. The molecule has 1 heterocycles. The monoisotopic (exact) mass is 349 g/mol. The zero-order valence-electron chi connectivity index (χ0n) is 12.0. The summed E-state index contributed by atoms with van der Waals surface area (Å²) in [5, 5.41) is 12.9. The van der Waals surface area contributed by atoms with E-state index in [-0.39, 0.29) is 17.4 Å². The van der Waals surface area contributed by atoms with E-state index in [0.29, 0.717) is 22.9 Å². The van der Waals surface area contributed by atoms with Crippen LogP contribution in [-0.4, -0.2) is 17.0 Å². The summed E-state index contributed by atoms with van der Waals surface area (Å²) >= 11 is 11.9. The van der Waals surface area contributed by atoms with Gasteiger partial charge in [0.15, 0.2) is 0 Å². The lowest BCUT2D eigenvalue weighted by molar-refractivity contribution is -0.117. The number of amides is 1. The van der Waals surface area contributed by atoms with Gasteiger partial charge in [-0.15, -0.1) is 0 Å². The molecular formula is C17H13Cl2NO3. The molecule has 0 saturated carbocycles. The van der Waals surface area contributed by atoms with Crippen LogP contribution in [0.3, 0.4) is 0 Å². The van der Waals surface area contributed by atoms with E-state index < -0.39 is 5.97 Å². The van der Waals surface area contributed by atoms with Crippen LogP contribution >= 0.6 is 23.2 Å². The molecule has 1 unspecified atom stereocenters. The van der Waals surface area contributed by atoms with Gasteiger partial charge in [0, 0.05) is 15.7 Å². The molecule has 1 aliphatic rings. The highest BCUT2D eigenvalue weighted by atomic mass is 35.5. The number of aromatic carboxylic acids is 1. The van der Waals surface area contributed by atoms with E-state index >= 15 is 0 Å². The third-order valence-electron chi connectivity index (χ3n) is 3.89. The lowest BCUT2D eigenvalue weighted by Crippen LogP contribution is -2.12. The van der Waals surface area contributed by atoms with Crippen molar-refractivity contribution < 1.29 is 14.7 Å². The van der Waals surface area contributed by atoms with Gasteiger partial charge < -0.3 is 10.4 Å². The summed E-state index contributed by atoms with van der Waals surface area (Å²) in [6, 6.07) is 10.1. The molecule has 1 atom stereocenters. The predicted molar refractivity (Wildman–Crippen MR) is 89.6 cm³/mol. The van der Waals surface area contributed by atoms with E-state index in [1.807, 2.05) is 6.07 Å². The number of halogens is 2. The molecule has 2 aromatic carbocycles. The second-order valence-electron chi connectivity index (χ2n) is 5.47. The Hall–Kier alpha value is -2.04. The van der Waals surface area contributed by atoms with Gasteiger partial charge in [-0.25, -0.2) is 4.79 Å². The van der Waals surface area contributed by atoms with Gasteiger partial charge in [0.05, 0.1) is 11.5 Å². The zero-order valence-corrected chi connectivity index (χ0v) is 13.5. The molecule has 0 aromatic heterocycles. The van der Waals surface area contributed by atoms with Gasteiger partial charge in [-0.1, -0.05) is 29.3 Å². The summed E-state index contributed by atoms with van der Waals surface area (Å²) in [5.74, 6) is -1.36. The first kappa shape index (κ1) is 15.8. The first-order valence-corrected chi connectivity index (χ1v) is 7.82. The second-order valence-corrected chi connectivity index (χ2v) is 6.34. The average molecular weight is 350 g/mol. The van der Waals surface area contributed by atoms with Crippen molar-refractivity contribution in [2.75, 3.05) is 5.32 Å². The fourth-order valence-electron chi connectivity index (χ4n) is 2.82. The Morgan fingerprint density at radius 1 is 1.13 bits per heavy atom. The molecule has 1 amide bonds. The quantitative estimate of drug-likeness (QED) is 0.861. The summed E-state index contributed by atoms with van der Waals surface area (Å²) < 4.78 is 0. The molecule has 1 aliphatic heterocycles. The zero-order chi connectivity index (χ0) is 16.6. The van der Waals surface area contributed by atoms with Crippen LogP contribution in [0.25, 0.3) is 0 Å². The Morgan fingerprint density at radius 3 is 2.65 bits per heavy atom. The van der Waals surface area contributed by atoms with Gasteiger partial charge in [-0.2, -0.15) is 0 Å². The lowest BCUT2D eigenvalue weighted by atomic mass is 9.93. The Labute approximate surface area is 143 Å². The number of carbonyl (C=O) groups is 2. The molecule has 0 bridgehead atoms. The van der Waals surface area contributed by atoms with Crippen LogP contribution in [0.15, 0.2) is 36.4 Å². The molecule has 4 nitrogen and oxygen atoms in total. The number of carboxylic acid groups (broad SMARTS) is 1. The van der Waals surface area contributed by atoms with Crippen LogP contribution in [0, 0.1) is 0 Å². The van der Waals surface area contributed by atoms with E-state index in [1.54, 1.807) is 24.3 Å². The molecule has 0 spiro atoms. The van der Waals surface area contributed by atoms with Crippen molar-refractivity contribution in [1.82, 2.24) is 0 Å². The smallest absolute Gasteiger partial charge is 0.335 e. The molecule has 2 N–H and O–H groups in total. The van der Waals surface area contributed by atoms with Gasteiger partial charge in [0.1, 0.15) is 0 Å². The largest absolute Gasteiger partial charge is 0.478 e. The number of carbonyl (C=O) groups excluding carboxylic acids is 1. The van der Waals surface area contributed by atoms with Crippen molar-refractivity contribution in [3.05, 3.63) is 63.1 Å². The molecule has 3 rings (SSSR count). The number of hydrogen-bond acceptors (Lipinski definition) is 2. The van der Waals surface area contributed by atoms with Gasteiger partial charge >= 0.3 is 5.97 Å². The Bertz CT molecular complexity index is 804. The molecule has 0 saturated heterocycles. The van der Waals surface area contributed by atoms with E-state index in [0.717, 1.165) is 16.8 Å². The Kier molecular flexibility index (Phi) is 4.28. The minimum absolute atomic E-state index is 0.0669. The highest BCUT2D eigenvalue weighted by Crippen LogP contribution is 2.37. The molecule has 23 heavy (non-hydrogen) atoms. The van der Waals surface area contributed by atoms with Crippen molar-refractivity contribution in [2.45, 2.75) is 18.8 Å². The summed E-state index contributed by atoms with van der Waals surface area (Å²) in [6.45, 7) is 0. The number of hydrogen-bond donors (Lipinski definition) is 2. The van der Waals surface area contributed by atoms with Crippen molar-refractivity contribution >= 4 is 40.8 Å². The summed E-state index contributed by atoms with van der Waals surface area (Å²) in [7, 11) is 0. The molecule has 6 heteroatoms. The molecule has 0 radical (unpaired) electrons. The lowest BCUT2D eigenvalue weighted by Gasteiger charge is -2.10. The van der Waals surface area contributed by atoms with E-state index in [4.69, 9.17) is 28.3 Å². The van der Waals surface area contributed by atoms with Crippen molar-refractivity contribution in [3.8, 4) is 0 Å². The predicted octanol–water partition coefficient (Wildman–Crippen LogP) is 4.36. The number of nitrogens with one attached hydrogen (secondary N) is 1. The first-order chi connectivity index (χ1) is 10.9. The number of benzene rings is 2. The standard InChI is InChI=1S/C17H13Cl2NO3/c18-11-2-4-13-14(16(21)20-15(13)8-11)3-1-9-5-10(17(22)23)7-12(19)6-9/h2,4-8,14H,1,3H2,(H,20,21)(H,22,23). The van der Waals surface area contributed by atoms with Crippen molar-refractivity contribution in [2.24, 2.45) is 0 Å². The van der Waals surface area contributed by atoms with Gasteiger partial charge in [0.2, 0.25) is 5.91 Å². The third kappa shape index (κ3) is 3.33. The maximum atomic E-state index is 12.1. The van der Waals surface area contributed by atoms with Crippen LogP contribution in [0.2, 0.25) is 10.0 Å². The van der Waals surface area contributed by atoms with E-state index in [9.17, 15) is 9.59 Å². The highest BCUT2D eigenvalue weighted by molar-refractivity contribution is 6.31. The SMILES string of the molecule is O=C(O)c1cc(Cl)cc(CCC2C(=O)Nc3cc(Cl)ccc32)c1. The highest BCUT2D eigenvalue weighted by Gasteiger charge is 2.30. The summed E-state index contributed by atoms with van der Waals surface area (Å²) in [6.07, 6.45) is 1.13. The van der Waals surface area contributed by atoms with E-state index in [2.05, 4.69) is 5.32 Å². The molecule has 0 aliphatic carbocycles. The normalized spacial score (nSPS) is 16.1. The minimum atomic E-state index is -1.02. The summed E-state index contributed by atoms with van der Waals surface area (Å²) in [5.41, 5.74) is 2.60.